The Balaban J connectivity index is 1.85. The fourth-order valence-corrected chi connectivity index (χ4v) is 2.32. The van der Waals surface area contributed by atoms with E-state index < -0.39 is 0 Å². The van der Waals surface area contributed by atoms with Crippen LogP contribution in [0.2, 0.25) is 5.02 Å². The van der Waals surface area contributed by atoms with Gasteiger partial charge in [-0.1, -0.05) is 11.6 Å². The van der Waals surface area contributed by atoms with Gasteiger partial charge in [-0.25, -0.2) is 0 Å². The minimum absolute atomic E-state index is 0.211. The Morgan fingerprint density at radius 3 is 2.88 bits per heavy atom. The standard InChI is InChI=1S/C16H15ClN4O3/c1-9-6-12(14(23-2)8-11(9)17)18-16-19-15(22)13(20-21-16)7-10-4-3-5-24-10/h3-6,8H,7H2,1-2H3,(H2,18,19,21,22). The van der Waals surface area contributed by atoms with Crippen LogP contribution in [0.4, 0.5) is 11.6 Å². The van der Waals surface area contributed by atoms with Crippen molar-refractivity contribution in [1.29, 1.82) is 0 Å². The highest BCUT2D eigenvalue weighted by atomic mass is 35.5. The second-order valence-corrected chi connectivity index (χ2v) is 5.54. The second-order valence-electron chi connectivity index (χ2n) is 5.13. The molecular weight excluding hydrogens is 332 g/mol. The number of aromatic nitrogens is 3. The van der Waals surface area contributed by atoms with Crippen molar-refractivity contribution in [2.45, 2.75) is 13.3 Å². The highest BCUT2D eigenvalue weighted by Crippen LogP contribution is 2.32. The molecule has 3 aromatic rings. The summed E-state index contributed by atoms with van der Waals surface area (Å²) in [5.74, 6) is 1.39. The molecule has 3 rings (SSSR count). The summed E-state index contributed by atoms with van der Waals surface area (Å²) in [6.07, 6.45) is 1.82. The van der Waals surface area contributed by atoms with E-state index in [9.17, 15) is 4.79 Å². The third-order valence-corrected chi connectivity index (χ3v) is 3.83. The van der Waals surface area contributed by atoms with Crippen LogP contribution in [-0.4, -0.2) is 22.3 Å². The number of furan rings is 1. The normalized spacial score (nSPS) is 10.6. The quantitative estimate of drug-likeness (QED) is 0.737. The van der Waals surface area contributed by atoms with E-state index in [1.54, 1.807) is 30.5 Å². The van der Waals surface area contributed by atoms with Crippen molar-refractivity contribution in [3.63, 3.8) is 0 Å². The summed E-state index contributed by atoms with van der Waals surface area (Å²) in [7, 11) is 1.53. The van der Waals surface area contributed by atoms with E-state index in [0.29, 0.717) is 22.2 Å². The van der Waals surface area contributed by atoms with Crippen molar-refractivity contribution in [2.75, 3.05) is 12.4 Å². The molecule has 124 valence electrons. The SMILES string of the molecule is COc1cc(Cl)c(C)cc1Nc1nnc(Cc2ccco2)c(=O)[nH]1. The van der Waals surface area contributed by atoms with E-state index >= 15 is 0 Å². The Morgan fingerprint density at radius 1 is 1.38 bits per heavy atom. The zero-order chi connectivity index (χ0) is 17.1. The maximum absolute atomic E-state index is 12.1. The number of halogens is 1. The van der Waals surface area contributed by atoms with E-state index in [1.807, 2.05) is 6.92 Å². The van der Waals surface area contributed by atoms with Gasteiger partial charge in [-0.15, -0.1) is 10.2 Å². The van der Waals surface area contributed by atoms with Gasteiger partial charge in [0, 0.05) is 11.1 Å². The monoisotopic (exact) mass is 346 g/mol. The summed E-state index contributed by atoms with van der Waals surface area (Å²) in [4.78, 5) is 14.8. The van der Waals surface area contributed by atoms with E-state index in [4.69, 9.17) is 20.8 Å². The van der Waals surface area contributed by atoms with Crippen LogP contribution < -0.4 is 15.6 Å². The first-order valence-electron chi connectivity index (χ1n) is 7.16. The first-order valence-corrected chi connectivity index (χ1v) is 7.54. The molecule has 2 N–H and O–H groups in total. The summed E-state index contributed by atoms with van der Waals surface area (Å²) < 4.78 is 10.5. The fourth-order valence-electron chi connectivity index (χ4n) is 2.17. The smallest absolute Gasteiger partial charge is 0.274 e. The van der Waals surface area contributed by atoms with Gasteiger partial charge in [0.1, 0.15) is 17.2 Å². The Hall–Kier alpha value is -2.80. The second kappa shape index (κ2) is 6.76. The lowest BCUT2D eigenvalue weighted by Crippen LogP contribution is -2.18. The number of hydrogen-bond acceptors (Lipinski definition) is 6. The third kappa shape index (κ3) is 3.41. The van der Waals surface area contributed by atoms with Gasteiger partial charge in [-0.3, -0.25) is 9.78 Å². The predicted octanol–water partition coefficient (Wildman–Crippen LogP) is 3.06. The zero-order valence-electron chi connectivity index (χ0n) is 13.1. The number of nitrogens with one attached hydrogen (secondary N) is 2. The van der Waals surface area contributed by atoms with Crippen LogP contribution in [-0.2, 0) is 6.42 Å². The molecule has 0 saturated heterocycles. The van der Waals surface area contributed by atoms with Crippen molar-refractivity contribution >= 4 is 23.2 Å². The summed E-state index contributed by atoms with van der Waals surface area (Å²) in [5.41, 5.74) is 1.43. The number of ether oxygens (including phenoxy) is 1. The maximum Gasteiger partial charge on any atom is 0.274 e. The Labute approximate surface area is 142 Å². The van der Waals surface area contributed by atoms with Crippen LogP contribution in [0.15, 0.2) is 39.7 Å². The number of H-pyrrole nitrogens is 1. The molecule has 0 aliphatic heterocycles. The van der Waals surface area contributed by atoms with Crippen molar-refractivity contribution in [3.05, 3.63) is 62.9 Å². The van der Waals surface area contributed by atoms with Gasteiger partial charge in [0.05, 0.1) is 25.5 Å². The molecule has 7 nitrogen and oxygen atoms in total. The molecule has 2 heterocycles. The highest BCUT2D eigenvalue weighted by molar-refractivity contribution is 6.31. The van der Waals surface area contributed by atoms with E-state index in [2.05, 4.69) is 20.5 Å². The molecule has 0 atom stereocenters. The Morgan fingerprint density at radius 2 is 2.21 bits per heavy atom. The number of benzene rings is 1. The topological polar surface area (TPSA) is 93.0 Å². The van der Waals surface area contributed by atoms with Crippen molar-refractivity contribution in [3.8, 4) is 5.75 Å². The first-order chi connectivity index (χ1) is 11.6. The van der Waals surface area contributed by atoms with Gasteiger partial charge in [0.15, 0.2) is 0 Å². The van der Waals surface area contributed by atoms with Gasteiger partial charge in [-0.2, -0.15) is 0 Å². The maximum atomic E-state index is 12.1. The fraction of sp³-hybridized carbons (Fsp3) is 0.188. The van der Waals surface area contributed by atoms with Crippen LogP contribution in [0.25, 0.3) is 0 Å². The molecule has 0 aliphatic rings. The van der Waals surface area contributed by atoms with Gasteiger partial charge in [-0.05, 0) is 30.7 Å². The molecule has 8 heteroatoms. The number of nitrogens with zero attached hydrogens (tertiary/aromatic N) is 2. The summed E-state index contributed by atoms with van der Waals surface area (Å²) in [6, 6.07) is 7.02. The number of hydrogen-bond donors (Lipinski definition) is 2. The first kappa shape index (κ1) is 16.1. The number of aryl methyl sites for hydroxylation is 1. The molecule has 24 heavy (non-hydrogen) atoms. The summed E-state index contributed by atoms with van der Waals surface area (Å²) in [5, 5.41) is 11.5. The van der Waals surface area contributed by atoms with Crippen molar-refractivity contribution in [1.82, 2.24) is 15.2 Å². The minimum atomic E-state index is -0.339. The van der Waals surface area contributed by atoms with Crippen LogP contribution in [0.1, 0.15) is 17.0 Å². The lowest BCUT2D eigenvalue weighted by atomic mass is 10.2. The average molecular weight is 347 g/mol. The number of methoxy groups -OCH3 is 1. The average Bonchev–Trinajstić information content (AvgIpc) is 3.06. The molecule has 0 fully saturated rings. The summed E-state index contributed by atoms with van der Waals surface area (Å²) >= 11 is 6.08. The molecule has 0 amide bonds. The van der Waals surface area contributed by atoms with Crippen molar-refractivity contribution in [2.24, 2.45) is 0 Å². The minimum Gasteiger partial charge on any atom is -0.495 e. The highest BCUT2D eigenvalue weighted by Gasteiger charge is 2.11. The summed E-state index contributed by atoms with van der Waals surface area (Å²) in [6.45, 7) is 1.87. The number of aromatic amines is 1. The lowest BCUT2D eigenvalue weighted by molar-refractivity contribution is 0.416. The third-order valence-electron chi connectivity index (χ3n) is 3.42. The molecule has 2 aromatic heterocycles. The molecular formula is C16H15ClN4O3. The van der Waals surface area contributed by atoms with E-state index in [1.165, 1.54) is 7.11 Å². The molecule has 0 spiro atoms. The zero-order valence-corrected chi connectivity index (χ0v) is 13.8. The van der Waals surface area contributed by atoms with Gasteiger partial charge < -0.3 is 14.5 Å². The Kier molecular flexibility index (Phi) is 4.52. The van der Waals surface area contributed by atoms with Crippen LogP contribution in [0, 0.1) is 6.92 Å². The van der Waals surface area contributed by atoms with E-state index in [0.717, 1.165) is 5.56 Å². The van der Waals surface area contributed by atoms with Crippen molar-refractivity contribution < 1.29 is 9.15 Å². The molecule has 0 bridgehead atoms. The lowest BCUT2D eigenvalue weighted by Gasteiger charge is -2.12. The van der Waals surface area contributed by atoms with Crippen LogP contribution in [0.3, 0.4) is 0 Å². The number of rotatable bonds is 5. The van der Waals surface area contributed by atoms with Gasteiger partial charge in [0.25, 0.3) is 5.56 Å². The molecule has 0 radical (unpaired) electrons. The van der Waals surface area contributed by atoms with E-state index in [-0.39, 0.29) is 23.6 Å². The van der Waals surface area contributed by atoms with Gasteiger partial charge in [0.2, 0.25) is 5.95 Å². The Bertz CT molecular complexity index is 906. The number of anilines is 2. The van der Waals surface area contributed by atoms with Gasteiger partial charge >= 0.3 is 0 Å². The van der Waals surface area contributed by atoms with Crippen LogP contribution in [0.5, 0.6) is 5.75 Å². The molecule has 0 saturated carbocycles. The molecule has 0 aliphatic carbocycles. The predicted molar refractivity (Wildman–Crippen MR) is 90.2 cm³/mol. The molecule has 1 aromatic carbocycles. The molecule has 0 unspecified atom stereocenters. The van der Waals surface area contributed by atoms with Crippen LogP contribution >= 0.6 is 11.6 Å². The largest absolute Gasteiger partial charge is 0.495 e.